The number of hydrogen-bond acceptors (Lipinski definition) is 3. The fraction of sp³-hybridized carbons (Fsp3) is 0.333. The summed E-state index contributed by atoms with van der Waals surface area (Å²) in [4.78, 5) is 14.7. The van der Waals surface area contributed by atoms with Crippen LogP contribution in [0.4, 0.5) is 8.78 Å². The Morgan fingerprint density at radius 3 is 2.69 bits per heavy atom. The Labute approximate surface area is 100 Å². The van der Waals surface area contributed by atoms with E-state index in [0.717, 1.165) is 13.2 Å². The Kier molecular flexibility index (Phi) is 4.44. The average molecular weight is 270 g/mol. The van der Waals surface area contributed by atoms with Gasteiger partial charge in [-0.25, -0.2) is 18.6 Å². The normalized spacial score (nSPS) is 10.6. The number of alkyl halides is 3. The van der Waals surface area contributed by atoms with Gasteiger partial charge in [0.05, 0.1) is 12.1 Å². The van der Waals surface area contributed by atoms with Gasteiger partial charge in [-0.1, -0.05) is 11.6 Å². The number of hydrogen-bond donors (Lipinski definition) is 0. The SMILES string of the molecule is COC(=O)c1nc(C(F)F)cc(CCl)c1Cl. The second kappa shape index (κ2) is 5.41. The van der Waals surface area contributed by atoms with E-state index >= 15 is 0 Å². The number of halogens is 4. The molecule has 1 aromatic rings. The predicted molar refractivity (Wildman–Crippen MR) is 55.1 cm³/mol. The van der Waals surface area contributed by atoms with Crippen molar-refractivity contribution in [3.8, 4) is 0 Å². The standard InChI is InChI=1S/C9H7Cl2F2NO2/c1-16-9(15)7-6(11)4(3-10)2-5(14-7)8(12)13/h2,8H,3H2,1H3. The third kappa shape index (κ3) is 2.59. The van der Waals surface area contributed by atoms with E-state index < -0.39 is 18.1 Å². The molecular weight excluding hydrogens is 263 g/mol. The predicted octanol–water partition coefficient (Wildman–Crippen LogP) is 3.20. The molecule has 7 heteroatoms. The van der Waals surface area contributed by atoms with Crippen LogP contribution in [0.5, 0.6) is 0 Å². The maximum absolute atomic E-state index is 12.5. The Bertz CT molecular complexity index is 413. The minimum atomic E-state index is -2.80. The molecule has 0 N–H and O–H groups in total. The highest BCUT2D eigenvalue weighted by atomic mass is 35.5. The van der Waals surface area contributed by atoms with Crippen molar-refractivity contribution in [1.29, 1.82) is 0 Å². The van der Waals surface area contributed by atoms with Crippen LogP contribution in [0, 0.1) is 0 Å². The molecule has 1 aromatic heterocycles. The molecule has 0 saturated carbocycles. The molecule has 0 aromatic carbocycles. The molecule has 0 fully saturated rings. The van der Waals surface area contributed by atoms with Crippen LogP contribution < -0.4 is 0 Å². The van der Waals surface area contributed by atoms with Crippen LogP contribution in [-0.2, 0) is 10.6 Å². The van der Waals surface area contributed by atoms with Gasteiger partial charge in [0.25, 0.3) is 6.43 Å². The molecule has 1 heterocycles. The van der Waals surface area contributed by atoms with Gasteiger partial charge in [0, 0.05) is 5.88 Å². The van der Waals surface area contributed by atoms with Crippen molar-refractivity contribution in [2.24, 2.45) is 0 Å². The Morgan fingerprint density at radius 1 is 1.62 bits per heavy atom. The van der Waals surface area contributed by atoms with E-state index in [9.17, 15) is 13.6 Å². The van der Waals surface area contributed by atoms with Crippen LogP contribution in [0.25, 0.3) is 0 Å². The molecule has 88 valence electrons. The van der Waals surface area contributed by atoms with Crippen molar-refractivity contribution >= 4 is 29.2 Å². The summed E-state index contributed by atoms with van der Waals surface area (Å²) in [7, 11) is 1.11. The van der Waals surface area contributed by atoms with Gasteiger partial charge >= 0.3 is 5.97 Å². The lowest BCUT2D eigenvalue weighted by Crippen LogP contribution is -2.09. The molecule has 1 rings (SSSR count). The highest BCUT2D eigenvalue weighted by Crippen LogP contribution is 2.27. The highest BCUT2D eigenvalue weighted by Gasteiger charge is 2.20. The molecule has 0 aliphatic carbocycles. The number of aromatic nitrogens is 1. The smallest absolute Gasteiger partial charge is 0.358 e. The van der Waals surface area contributed by atoms with E-state index in [-0.39, 0.29) is 22.2 Å². The second-order valence-corrected chi connectivity index (χ2v) is 3.44. The van der Waals surface area contributed by atoms with Gasteiger partial charge in [-0.3, -0.25) is 0 Å². The van der Waals surface area contributed by atoms with Gasteiger partial charge in [0.2, 0.25) is 0 Å². The van der Waals surface area contributed by atoms with E-state index in [2.05, 4.69) is 9.72 Å². The maximum atomic E-state index is 12.5. The van der Waals surface area contributed by atoms with Crippen molar-refractivity contribution in [3.05, 3.63) is 28.0 Å². The summed E-state index contributed by atoms with van der Waals surface area (Å²) in [5.41, 5.74) is -0.688. The molecule has 0 unspecified atom stereocenters. The third-order valence-corrected chi connectivity index (χ3v) is 2.51. The first-order chi connectivity index (χ1) is 7.51. The number of rotatable bonds is 3. The summed E-state index contributed by atoms with van der Waals surface area (Å²) in [5, 5.41) is -0.0637. The van der Waals surface area contributed by atoms with Gasteiger partial charge in [0.15, 0.2) is 5.69 Å². The van der Waals surface area contributed by atoms with Gasteiger partial charge in [-0.2, -0.15) is 0 Å². The van der Waals surface area contributed by atoms with Crippen LogP contribution >= 0.6 is 23.2 Å². The maximum Gasteiger partial charge on any atom is 0.358 e. The number of carbonyl (C=O) groups is 1. The first-order valence-electron chi connectivity index (χ1n) is 4.13. The molecule has 0 saturated heterocycles. The number of esters is 1. The van der Waals surface area contributed by atoms with Crippen molar-refractivity contribution in [3.63, 3.8) is 0 Å². The van der Waals surface area contributed by atoms with Crippen molar-refractivity contribution in [1.82, 2.24) is 4.98 Å². The molecule has 0 aliphatic heterocycles. The quantitative estimate of drug-likeness (QED) is 0.625. The Hall–Kier alpha value is -0.940. The summed E-state index contributed by atoms with van der Waals surface area (Å²) in [6.45, 7) is 0. The molecule has 16 heavy (non-hydrogen) atoms. The second-order valence-electron chi connectivity index (χ2n) is 2.79. The molecular formula is C9H7Cl2F2NO2. The number of carbonyl (C=O) groups excluding carboxylic acids is 1. The fourth-order valence-corrected chi connectivity index (χ4v) is 1.57. The zero-order valence-electron chi connectivity index (χ0n) is 8.14. The molecule has 0 bridgehead atoms. The first kappa shape index (κ1) is 13.1. The first-order valence-corrected chi connectivity index (χ1v) is 5.04. The van der Waals surface area contributed by atoms with Crippen LogP contribution in [-0.4, -0.2) is 18.1 Å². The summed E-state index contributed by atoms with van der Waals surface area (Å²) >= 11 is 11.3. The molecule has 0 amide bonds. The third-order valence-electron chi connectivity index (χ3n) is 1.80. The molecule has 0 aliphatic rings. The van der Waals surface area contributed by atoms with Crippen molar-refractivity contribution < 1.29 is 18.3 Å². The van der Waals surface area contributed by atoms with Crippen molar-refractivity contribution in [2.45, 2.75) is 12.3 Å². The monoisotopic (exact) mass is 269 g/mol. The number of pyridine rings is 1. The molecule has 0 spiro atoms. The van der Waals surface area contributed by atoms with Crippen LogP contribution in [0.3, 0.4) is 0 Å². The number of ether oxygens (including phenoxy) is 1. The molecule has 0 atom stereocenters. The highest BCUT2D eigenvalue weighted by molar-refractivity contribution is 6.34. The minimum absolute atomic E-state index is 0.0637. The van der Waals surface area contributed by atoms with Gasteiger partial charge < -0.3 is 4.74 Å². The van der Waals surface area contributed by atoms with E-state index in [1.165, 1.54) is 0 Å². The van der Waals surface area contributed by atoms with Crippen LogP contribution in [0.2, 0.25) is 5.02 Å². The summed E-state index contributed by atoms with van der Waals surface area (Å²) in [5.74, 6) is -0.968. The van der Waals surface area contributed by atoms with E-state index in [1.54, 1.807) is 0 Å². The number of nitrogens with zero attached hydrogens (tertiary/aromatic N) is 1. The van der Waals surface area contributed by atoms with Gasteiger partial charge in [-0.15, -0.1) is 11.6 Å². The minimum Gasteiger partial charge on any atom is -0.464 e. The van der Waals surface area contributed by atoms with Crippen LogP contribution in [0.1, 0.15) is 28.2 Å². The zero-order valence-corrected chi connectivity index (χ0v) is 9.65. The molecule has 3 nitrogen and oxygen atoms in total. The summed E-state index contributed by atoms with van der Waals surface area (Å²) in [6, 6.07) is 1.06. The largest absolute Gasteiger partial charge is 0.464 e. The van der Waals surface area contributed by atoms with Crippen molar-refractivity contribution in [2.75, 3.05) is 7.11 Å². The van der Waals surface area contributed by atoms with E-state index in [1.807, 2.05) is 0 Å². The summed E-state index contributed by atoms with van der Waals surface area (Å²) < 4.78 is 29.3. The molecule has 0 radical (unpaired) electrons. The number of methoxy groups -OCH3 is 1. The average Bonchev–Trinajstić information content (AvgIpc) is 2.28. The van der Waals surface area contributed by atoms with Gasteiger partial charge in [-0.05, 0) is 11.6 Å². The van der Waals surface area contributed by atoms with Gasteiger partial charge in [0.1, 0.15) is 5.69 Å². The lowest BCUT2D eigenvalue weighted by Gasteiger charge is -2.08. The lowest BCUT2D eigenvalue weighted by molar-refractivity contribution is 0.0592. The Balaban J connectivity index is 3.35. The zero-order chi connectivity index (χ0) is 12.3. The summed E-state index contributed by atoms with van der Waals surface area (Å²) in [6.07, 6.45) is -2.80. The fourth-order valence-electron chi connectivity index (χ4n) is 1.05. The topological polar surface area (TPSA) is 39.2 Å². The lowest BCUT2D eigenvalue weighted by atomic mass is 10.2. The van der Waals surface area contributed by atoms with E-state index in [4.69, 9.17) is 23.2 Å². The van der Waals surface area contributed by atoms with E-state index in [0.29, 0.717) is 0 Å². The Morgan fingerprint density at radius 2 is 2.25 bits per heavy atom. The van der Waals surface area contributed by atoms with Crippen LogP contribution in [0.15, 0.2) is 6.07 Å².